The largest absolute Gasteiger partial charge is 0.492 e. The van der Waals surface area contributed by atoms with Gasteiger partial charge in [-0.2, -0.15) is 0 Å². The van der Waals surface area contributed by atoms with Gasteiger partial charge < -0.3 is 4.74 Å². The lowest BCUT2D eigenvalue weighted by Gasteiger charge is -2.33. The fourth-order valence-corrected chi connectivity index (χ4v) is 2.23. The number of hydrazine groups is 1. The van der Waals surface area contributed by atoms with Crippen LogP contribution in [0.4, 0.5) is 0 Å². The van der Waals surface area contributed by atoms with Crippen LogP contribution >= 0.6 is 0 Å². The molecule has 0 unspecified atom stereocenters. The Bertz CT molecular complexity index is 405. The maximum Gasteiger partial charge on any atom is 0.248 e. The summed E-state index contributed by atoms with van der Waals surface area (Å²) in [6.07, 6.45) is 0. The van der Waals surface area contributed by atoms with E-state index < -0.39 is 0 Å². The average Bonchev–Trinajstić information content (AvgIpc) is 2.50. The number of rotatable bonds is 6. The summed E-state index contributed by atoms with van der Waals surface area (Å²) < 4.78 is 5.68. The fraction of sp³-hybridized carbons (Fsp3) is 0.500. The number of carbonyl (C=O) groups excluding carboxylic acids is 1. The van der Waals surface area contributed by atoms with Crippen molar-refractivity contribution >= 4 is 5.91 Å². The molecule has 1 aliphatic heterocycles. The van der Waals surface area contributed by atoms with Crippen molar-refractivity contribution in [2.75, 3.05) is 45.9 Å². The zero-order valence-corrected chi connectivity index (χ0v) is 11.6. The molecule has 0 aliphatic carbocycles. The maximum absolute atomic E-state index is 11.2. The number of hydrogen-bond acceptors (Lipinski definition) is 5. The quantitative estimate of drug-likeness (QED) is 0.424. The van der Waals surface area contributed by atoms with Crippen molar-refractivity contribution in [2.24, 2.45) is 5.84 Å². The Morgan fingerprint density at radius 3 is 2.45 bits per heavy atom. The molecule has 0 saturated carbocycles. The Labute approximate surface area is 119 Å². The first-order valence-electron chi connectivity index (χ1n) is 6.90. The van der Waals surface area contributed by atoms with Crippen LogP contribution in [0.25, 0.3) is 0 Å². The van der Waals surface area contributed by atoms with Crippen LogP contribution in [0.1, 0.15) is 0 Å². The number of para-hydroxylation sites is 1. The number of nitrogens with one attached hydrogen (secondary N) is 1. The Balaban J connectivity index is 1.61. The number of benzene rings is 1. The number of nitrogens with zero attached hydrogens (tertiary/aromatic N) is 2. The van der Waals surface area contributed by atoms with E-state index in [2.05, 4.69) is 15.2 Å². The Morgan fingerprint density at radius 2 is 1.80 bits per heavy atom. The number of hydrogen-bond donors (Lipinski definition) is 2. The molecule has 1 saturated heterocycles. The molecule has 6 nitrogen and oxygen atoms in total. The smallest absolute Gasteiger partial charge is 0.248 e. The van der Waals surface area contributed by atoms with Gasteiger partial charge in [-0.3, -0.25) is 20.0 Å². The molecule has 1 heterocycles. The number of ether oxygens (including phenoxy) is 1. The van der Waals surface area contributed by atoms with E-state index in [-0.39, 0.29) is 5.91 Å². The number of piperazine rings is 1. The van der Waals surface area contributed by atoms with Crippen molar-refractivity contribution in [2.45, 2.75) is 0 Å². The van der Waals surface area contributed by atoms with Crippen LogP contribution in [0.15, 0.2) is 30.3 Å². The zero-order valence-electron chi connectivity index (χ0n) is 11.6. The third-order valence-corrected chi connectivity index (χ3v) is 3.41. The van der Waals surface area contributed by atoms with Gasteiger partial charge in [0, 0.05) is 32.7 Å². The molecule has 1 fully saturated rings. The second kappa shape index (κ2) is 7.84. The summed E-state index contributed by atoms with van der Waals surface area (Å²) >= 11 is 0. The third-order valence-electron chi connectivity index (χ3n) is 3.41. The first kappa shape index (κ1) is 14.8. The maximum atomic E-state index is 11.2. The first-order chi connectivity index (χ1) is 9.78. The molecule has 20 heavy (non-hydrogen) atoms. The van der Waals surface area contributed by atoms with Gasteiger partial charge in [0.15, 0.2) is 0 Å². The molecular formula is C14H22N4O2. The SMILES string of the molecule is NNC(=O)CN1CCN(CCOc2ccccc2)CC1. The molecule has 0 spiro atoms. The molecular weight excluding hydrogens is 256 g/mol. The predicted molar refractivity (Wildman–Crippen MR) is 77.1 cm³/mol. The van der Waals surface area contributed by atoms with Crippen LogP contribution in [-0.2, 0) is 4.79 Å². The molecule has 0 atom stereocenters. The van der Waals surface area contributed by atoms with Gasteiger partial charge in [0.2, 0.25) is 5.91 Å². The third kappa shape index (κ3) is 4.80. The van der Waals surface area contributed by atoms with Gasteiger partial charge in [0.05, 0.1) is 6.54 Å². The Morgan fingerprint density at radius 1 is 1.15 bits per heavy atom. The molecule has 1 aromatic rings. The summed E-state index contributed by atoms with van der Waals surface area (Å²) in [6.45, 7) is 5.66. The van der Waals surface area contributed by atoms with Gasteiger partial charge in [-0.05, 0) is 12.1 Å². The van der Waals surface area contributed by atoms with Crippen LogP contribution < -0.4 is 16.0 Å². The van der Waals surface area contributed by atoms with Crippen LogP contribution in [0, 0.1) is 0 Å². The molecule has 3 N–H and O–H groups in total. The van der Waals surface area contributed by atoms with Crippen LogP contribution in [0.3, 0.4) is 0 Å². The molecule has 0 aromatic heterocycles. The van der Waals surface area contributed by atoms with E-state index >= 15 is 0 Å². The van der Waals surface area contributed by atoms with E-state index in [1.807, 2.05) is 30.3 Å². The number of amides is 1. The molecule has 1 aliphatic rings. The van der Waals surface area contributed by atoms with Crippen molar-refractivity contribution in [1.82, 2.24) is 15.2 Å². The van der Waals surface area contributed by atoms with Crippen LogP contribution in [0.5, 0.6) is 5.75 Å². The van der Waals surface area contributed by atoms with E-state index in [1.54, 1.807) is 0 Å². The summed E-state index contributed by atoms with van der Waals surface area (Å²) in [7, 11) is 0. The number of carbonyl (C=O) groups is 1. The molecule has 110 valence electrons. The van der Waals surface area contributed by atoms with Crippen molar-refractivity contribution in [3.63, 3.8) is 0 Å². The monoisotopic (exact) mass is 278 g/mol. The highest BCUT2D eigenvalue weighted by atomic mass is 16.5. The molecule has 2 rings (SSSR count). The highest BCUT2D eigenvalue weighted by Gasteiger charge is 2.18. The van der Waals surface area contributed by atoms with Crippen LogP contribution in [-0.4, -0.2) is 61.6 Å². The Hall–Kier alpha value is -1.63. The highest BCUT2D eigenvalue weighted by molar-refractivity contribution is 5.77. The molecule has 6 heteroatoms. The topological polar surface area (TPSA) is 70.8 Å². The second-order valence-electron chi connectivity index (χ2n) is 4.85. The van der Waals surface area contributed by atoms with Crippen molar-refractivity contribution in [3.05, 3.63) is 30.3 Å². The molecule has 0 bridgehead atoms. The standard InChI is InChI=1S/C14H22N4O2/c15-16-14(19)12-18-8-6-17(7-9-18)10-11-20-13-4-2-1-3-5-13/h1-5H,6-12,15H2,(H,16,19). The lowest BCUT2D eigenvalue weighted by molar-refractivity contribution is -0.122. The van der Waals surface area contributed by atoms with Gasteiger partial charge in [-0.1, -0.05) is 18.2 Å². The van der Waals surface area contributed by atoms with E-state index in [0.29, 0.717) is 13.2 Å². The summed E-state index contributed by atoms with van der Waals surface area (Å²) in [5, 5.41) is 0. The van der Waals surface area contributed by atoms with Crippen molar-refractivity contribution in [1.29, 1.82) is 0 Å². The summed E-state index contributed by atoms with van der Waals surface area (Å²) in [5.41, 5.74) is 2.16. The Kier molecular flexibility index (Phi) is 5.79. The van der Waals surface area contributed by atoms with Gasteiger partial charge in [-0.25, -0.2) is 5.84 Å². The van der Waals surface area contributed by atoms with Gasteiger partial charge in [0.1, 0.15) is 12.4 Å². The molecule has 1 aromatic carbocycles. The van der Waals surface area contributed by atoms with Gasteiger partial charge in [0.25, 0.3) is 0 Å². The lowest BCUT2D eigenvalue weighted by Crippen LogP contribution is -2.50. The molecule has 0 radical (unpaired) electrons. The normalized spacial score (nSPS) is 16.9. The van der Waals surface area contributed by atoms with E-state index in [4.69, 9.17) is 10.6 Å². The van der Waals surface area contributed by atoms with E-state index in [9.17, 15) is 4.79 Å². The van der Waals surface area contributed by atoms with Crippen molar-refractivity contribution < 1.29 is 9.53 Å². The van der Waals surface area contributed by atoms with E-state index in [1.165, 1.54) is 0 Å². The average molecular weight is 278 g/mol. The number of nitrogens with two attached hydrogens (primary N) is 1. The zero-order chi connectivity index (χ0) is 14.2. The lowest BCUT2D eigenvalue weighted by atomic mass is 10.3. The van der Waals surface area contributed by atoms with Crippen LogP contribution in [0.2, 0.25) is 0 Å². The predicted octanol–water partition coefficient (Wildman–Crippen LogP) is -0.327. The minimum absolute atomic E-state index is 0.133. The summed E-state index contributed by atoms with van der Waals surface area (Å²) in [6, 6.07) is 9.84. The molecule has 1 amide bonds. The van der Waals surface area contributed by atoms with Gasteiger partial charge in [-0.15, -0.1) is 0 Å². The minimum atomic E-state index is -0.133. The minimum Gasteiger partial charge on any atom is -0.492 e. The van der Waals surface area contributed by atoms with E-state index in [0.717, 1.165) is 38.5 Å². The fourth-order valence-electron chi connectivity index (χ4n) is 2.23. The van der Waals surface area contributed by atoms with Crippen molar-refractivity contribution in [3.8, 4) is 5.75 Å². The summed E-state index contributed by atoms with van der Waals surface area (Å²) in [4.78, 5) is 15.6. The first-order valence-corrected chi connectivity index (χ1v) is 6.90. The second-order valence-corrected chi connectivity index (χ2v) is 4.85. The van der Waals surface area contributed by atoms with Gasteiger partial charge >= 0.3 is 0 Å². The summed E-state index contributed by atoms with van der Waals surface area (Å²) in [5.74, 6) is 5.86. The highest BCUT2D eigenvalue weighted by Crippen LogP contribution is 2.08.